The molecule has 0 saturated heterocycles. The van der Waals surface area contributed by atoms with Crippen LogP contribution in [0.4, 0.5) is 5.69 Å². The number of esters is 1. The van der Waals surface area contributed by atoms with Crippen LogP contribution in [0.5, 0.6) is 11.5 Å². The van der Waals surface area contributed by atoms with Gasteiger partial charge in [-0.05, 0) is 25.1 Å². The van der Waals surface area contributed by atoms with Gasteiger partial charge in [0.15, 0.2) is 18.1 Å². The average molecular weight is 386 g/mol. The van der Waals surface area contributed by atoms with E-state index < -0.39 is 23.4 Å². The third-order valence-electron chi connectivity index (χ3n) is 4.07. The van der Waals surface area contributed by atoms with Gasteiger partial charge in [0.2, 0.25) is 0 Å². The van der Waals surface area contributed by atoms with Gasteiger partial charge in [-0.3, -0.25) is 14.9 Å². The third kappa shape index (κ3) is 4.56. The highest BCUT2D eigenvalue weighted by Gasteiger charge is 2.21. The van der Waals surface area contributed by atoms with Gasteiger partial charge in [-0.1, -0.05) is 18.2 Å². The Hall–Kier alpha value is -3.62. The summed E-state index contributed by atoms with van der Waals surface area (Å²) in [4.78, 5) is 34.3. The molecule has 1 aliphatic rings. The number of para-hydroxylation sites is 2. The lowest BCUT2D eigenvalue weighted by atomic mass is 10.1. The quantitative estimate of drug-likeness (QED) is 0.458. The summed E-state index contributed by atoms with van der Waals surface area (Å²) in [6.45, 7) is 1.52. The van der Waals surface area contributed by atoms with E-state index in [-0.39, 0.29) is 30.5 Å². The Labute approximate surface area is 160 Å². The zero-order valence-electron chi connectivity index (χ0n) is 15.0. The molecule has 9 heteroatoms. The minimum Gasteiger partial charge on any atom is -0.486 e. The van der Waals surface area contributed by atoms with Crippen LogP contribution < -0.4 is 14.8 Å². The Morgan fingerprint density at radius 1 is 1.25 bits per heavy atom. The number of rotatable bonds is 6. The molecule has 1 atom stereocenters. The second kappa shape index (κ2) is 8.38. The molecule has 0 fully saturated rings. The molecule has 0 aromatic heterocycles. The molecule has 0 aliphatic carbocycles. The molecule has 1 aliphatic heterocycles. The van der Waals surface area contributed by atoms with E-state index in [1.165, 1.54) is 12.1 Å². The first-order valence-corrected chi connectivity index (χ1v) is 8.51. The van der Waals surface area contributed by atoms with Crippen LogP contribution in [0.15, 0.2) is 42.5 Å². The van der Waals surface area contributed by atoms with Gasteiger partial charge in [-0.25, -0.2) is 4.79 Å². The Balaban J connectivity index is 1.46. The fourth-order valence-corrected chi connectivity index (χ4v) is 2.59. The van der Waals surface area contributed by atoms with Gasteiger partial charge in [0.25, 0.3) is 11.6 Å². The number of hydrogen-bond donors (Lipinski definition) is 1. The molecule has 9 nitrogen and oxygen atoms in total. The van der Waals surface area contributed by atoms with Crippen LogP contribution in [0.2, 0.25) is 0 Å². The highest BCUT2D eigenvalue weighted by Crippen LogP contribution is 2.30. The van der Waals surface area contributed by atoms with Gasteiger partial charge in [0, 0.05) is 11.6 Å². The van der Waals surface area contributed by atoms with E-state index in [0.29, 0.717) is 17.1 Å². The van der Waals surface area contributed by atoms with Crippen molar-refractivity contribution >= 4 is 17.6 Å². The molecule has 146 valence electrons. The van der Waals surface area contributed by atoms with E-state index in [0.717, 1.165) is 6.07 Å². The molecule has 1 heterocycles. The summed E-state index contributed by atoms with van der Waals surface area (Å²) in [6, 6.07) is 11.2. The number of carbonyl (C=O) groups is 2. The number of fused-ring (bicyclic) bond motifs is 1. The number of nitro benzene ring substituents is 1. The second-order valence-corrected chi connectivity index (χ2v) is 6.14. The molecule has 2 aromatic carbocycles. The van der Waals surface area contributed by atoms with Crippen LogP contribution >= 0.6 is 0 Å². The fourth-order valence-electron chi connectivity index (χ4n) is 2.59. The Bertz CT molecular complexity index is 913. The predicted octanol–water partition coefficient (Wildman–Crippen LogP) is 2.02. The summed E-state index contributed by atoms with van der Waals surface area (Å²) < 4.78 is 16.2. The molecule has 3 rings (SSSR count). The molecule has 1 amide bonds. The lowest BCUT2D eigenvalue weighted by Gasteiger charge is -2.26. The van der Waals surface area contributed by atoms with Crippen LogP contribution in [0.3, 0.4) is 0 Å². The minimum absolute atomic E-state index is 0.00530. The van der Waals surface area contributed by atoms with Gasteiger partial charge < -0.3 is 19.5 Å². The molecular formula is C19H18N2O7. The highest BCUT2D eigenvalue weighted by molar-refractivity contribution is 5.92. The van der Waals surface area contributed by atoms with Crippen LogP contribution in [-0.2, 0) is 9.53 Å². The van der Waals surface area contributed by atoms with Crippen molar-refractivity contribution in [3.05, 3.63) is 63.7 Å². The number of amides is 1. The maximum Gasteiger partial charge on any atom is 0.338 e. The van der Waals surface area contributed by atoms with Gasteiger partial charge in [0.05, 0.1) is 17.0 Å². The van der Waals surface area contributed by atoms with Crippen LogP contribution in [0, 0.1) is 17.0 Å². The number of nitrogens with zero attached hydrogens (tertiary/aromatic N) is 1. The maximum absolute atomic E-state index is 12.0. The van der Waals surface area contributed by atoms with Crippen LogP contribution in [-0.4, -0.2) is 42.7 Å². The van der Waals surface area contributed by atoms with E-state index in [1.54, 1.807) is 19.1 Å². The third-order valence-corrected chi connectivity index (χ3v) is 4.07. The Kier molecular flexibility index (Phi) is 5.73. The van der Waals surface area contributed by atoms with Crippen LogP contribution in [0.1, 0.15) is 15.9 Å². The van der Waals surface area contributed by atoms with Crippen molar-refractivity contribution in [3.8, 4) is 11.5 Å². The molecule has 0 unspecified atom stereocenters. The summed E-state index contributed by atoms with van der Waals surface area (Å²) >= 11 is 0. The largest absolute Gasteiger partial charge is 0.486 e. The first-order chi connectivity index (χ1) is 13.4. The lowest BCUT2D eigenvalue weighted by Crippen LogP contribution is -2.42. The van der Waals surface area contributed by atoms with Gasteiger partial charge in [0.1, 0.15) is 12.7 Å². The zero-order chi connectivity index (χ0) is 20.1. The van der Waals surface area contributed by atoms with Crippen molar-refractivity contribution in [2.45, 2.75) is 13.0 Å². The smallest absolute Gasteiger partial charge is 0.338 e. The standard InChI is InChI=1S/C19H18N2O7/c1-12-6-7-13(8-15(12)21(24)25)19(23)27-11-18(22)20-9-14-10-26-16-4-2-3-5-17(16)28-14/h2-8,14H,9-11H2,1H3,(H,20,22)/t14-/m0/s1. The summed E-state index contributed by atoms with van der Waals surface area (Å²) in [5.74, 6) is -0.0894. The number of aryl methyl sites for hydroxylation is 1. The summed E-state index contributed by atoms with van der Waals surface area (Å²) in [6.07, 6.45) is -0.366. The second-order valence-electron chi connectivity index (χ2n) is 6.14. The minimum atomic E-state index is -0.815. The molecule has 0 saturated carbocycles. The number of nitrogens with one attached hydrogen (secondary N) is 1. The fraction of sp³-hybridized carbons (Fsp3) is 0.263. The Morgan fingerprint density at radius 2 is 2.00 bits per heavy atom. The number of ether oxygens (including phenoxy) is 3. The monoisotopic (exact) mass is 386 g/mol. The topological polar surface area (TPSA) is 117 Å². The summed E-state index contributed by atoms with van der Waals surface area (Å²) in [5.41, 5.74) is 0.245. The molecule has 2 aromatic rings. The van der Waals surface area contributed by atoms with Crippen molar-refractivity contribution < 1.29 is 28.7 Å². The van der Waals surface area contributed by atoms with Crippen molar-refractivity contribution in [2.75, 3.05) is 19.8 Å². The van der Waals surface area contributed by atoms with E-state index in [1.807, 2.05) is 12.1 Å². The number of nitro groups is 1. The van der Waals surface area contributed by atoms with E-state index in [9.17, 15) is 19.7 Å². The average Bonchev–Trinajstić information content (AvgIpc) is 2.70. The molecule has 28 heavy (non-hydrogen) atoms. The first kappa shape index (κ1) is 19.2. The number of carbonyl (C=O) groups excluding carboxylic acids is 2. The maximum atomic E-state index is 12.0. The normalized spacial score (nSPS) is 14.8. The van der Waals surface area contributed by atoms with Gasteiger partial charge in [-0.2, -0.15) is 0 Å². The van der Waals surface area contributed by atoms with Crippen LogP contribution in [0.25, 0.3) is 0 Å². The van der Waals surface area contributed by atoms with Gasteiger partial charge >= 0.3 is 5.97 Å². The number of benzene rings is 2. The Morgan fingerprint density at radius 3 is 2.75 bits per heavy atom. The lowest BCUT2D eigenvalue weighted by molar-refractivity contribution is -0.385. The van der Waals surface area contributed by atoms with E-state index in [4.69, 9.17) is 14.2 Å². The van der Waals surface area contributed by atoms with Gasteiger partial charge in [-0.15, -0.1) is 0 Å². The van der Waals surface area contributed by atoms with E-state index in [2.05, 4.69) is 5.32 Å². The van der Waals surface area contributed by atoms with Crippen molar-refractivity contribution in [3.63, 3.8) is 0 Å². The molecule has 0 bridgehead atoms. The van der Waals surface area contributed by atoms with E-state index >= 15 is 0 Å². The molecule has 0 radical (unpaired) electrons. The molecular weight excluding hydrogens is 368 g/mol. The van der Waals surface area contributed by atoms with Crippen molar-refractivity contribution in [2.24, 2.45) is 0 Å². The first-order valence-electron chi connectivity index (χ1n) is 8.51. The zero-order valence-corrected chi connectivity index (χ0v) is 15.0. The SMILES string of the molecule is Cc1ccc(C(=O)OCC(=O)NC[C@H]2COc3ccccc3O2)cc1[N+](=O)[O-]. The predicted molar refractivity (Wildman–Crippen MR) is 97.5 cm³/mol. The molecule has 1 N–H and O–H groups in total. The molecule has 0 spiro atoms. The number of hydrogen-bond acceptors (Lipinski definition) is 7. The van der Waals surface area contributed by atoms with Crippen molar-refractivity contribution in [1.29, 1.82) is 0 Å². The summed E-state index contributed by atoms with van der Waals surface area (Å²) in [5, 5.41) is 13.5. The summed E-state index contributed by atoms with van der Waals surface area (Å²) in [7, 11) is 0. The van der Waals surface area contributed by atoms with Crippen molar-refractivity contribution in [1.82, 2.24) is 5.32 Å². The highest BCUT2D eigenvalue weighted by atomic mass is 16.6.